The first-order chi connectivity index (χ1) is 10.1. The fraction of sp³-hybridized carbons (Fsp3) is 0.0714. The van der Waals surface area contributed by atoms with Gasteiger partial charge < -0.3 is 0 Å². The zero-order valence-electron chi connectivity index (χ0n) is 11.0. The zero-order chi connectivity index (χ0) is 14.8. The lowest BCUT2D eigenvalue weighted by atomic mass is 10.2. The molecule has 0 saturated carbocycles. The molecular formula is C14H10IN3OS2. The van der Waals surface area contributed by atoms with Crippen LogP contribution >= 0.6 is 45.3 Å². The van der Waals surface area contributed by atoms with Crippen LogP contribution < -0.4 is 5.32 Å². The van der Waals surface area contributed by atoms with Gasteiger partial charge in [0, 0.05) is 14.5 Å². The molecular weight excluding hydrogens is 417 g/mol. The molecule has 0 spiro atoms. The van der Waals surface area contributed by atoms with E-state index in [1.807, 2.05) is 36.6 Å². The number of amides is 1. The molecule has 0 aliphatic carbocycles. The number of thiazole rings is 2. The van der Waals surface area contributed by atoms with Gasteiger partial charge in [0.2, 0.25) is 0 Å². The third kappa shape index (κ3) is 3.47. The maximum atomic E-state index is 12.0. The SMILES string of the molecule is Cc1ncc(C(=O)Nc2nc(-c3ccc(I)cc3)cs2)s1. The van der Waals surface area contributed by atoms with Crippen LogP contribution in [0.25, 0.3) is 11.3 Å². The van der Waals surface area contributed by atoms with Crippen molar-refractivity contribution in [2.75, 3.05) is 5.32 Å². The van der Waals surface area contributed by atoms with Crippen molar-refractivity contribution in [2.45, 2.75) is 6.92 Å². The first-order valence-electron chi connectivity index (χ1n) is 6.07. The molecule has 0 radical (unpaired) electrons. The number of nitrogens with zero attached hydrogens (tertiary/aromatic N) is 2. The highest BCUT2D eigenvalue weighted by molar-refractivity contribution is 14.1. The molecule has 7 heteroatoms. The zero-order valence-corrected chi connectivity index (χ0v) is 14.8. The Bertz CT molecular complexity index is 780. The maximum Gasteiger partial charge on any atom is 0.269 e. The molecule has 2 aromatic heterocycles. The second-order valence-corrected chi connectivity index (χ2v) is 7.58. The number of hydrogen-bond donors (Lipinski definition) is 1. The Morgan fingerprint density at radius 2 is 2.05 bits per heavy atom. The Hall–Kier alpha value is -1.32. The van der Waals surface area contributed by atoms with Crippen LogP contribution in [0.5, 0.6) is 0 Å². The van der Waals surface area contributed by atoms with Crippen molar-refractivity contribution in [3.05, 3.63) is 49.3 Å². The summed E-state index contributed by atoms with van der Waals surface area (Å²) in [7, 11) is 0. The van der Waals surface area contributed by atoms with Crippen LogP contribution in [-0.2, 0) is 0 Å². The second kappa shape index (κ2) is 6.20. The normalized spacial score (nSPS) is 10.6. The average molecular weight is 427 g/mol. The number of nitrogens with one attached hydrogen (secondary N) is 1. The number of benzene rings is 1. The summed E-state index contributed by atoms with van der Waals surface area (Å²) >= 11 is 5.06. The lowest BCUT2D eigenvalue weighted by Crippen LogP contribution is -2.09. The lowest BCUT2D eigenvalue weighted by molar-refractivity contribution is 0.103. The minimum atomic E-state index is -0.163. The Morgan fingerprint density at radius 1 is 1.29 bits per heavy atom. The summed E-state index contributed by atoms with van der Waals surface area (Å²) in [5.41, 5.74) is 1.91. The van der Waals surface area contributed by atoms with Crippen molar-refractivity contribution in [3.63, 3.8) is 0 Å². The van der Waals surface area contributed by atoms with Crippen LogP contribution in [0, 0.1) is 10.5 Å². The van der Waals surface area contributed by atoms with Gasteiger partial charge in [0.15, 0.2) is 5.13 Å². The first-order valence-corrected chi connectivity index (χ1v) is 8.84. The van der Waals surface area contributed by atoms with Crippen LogP contribution in [0.3, 0.4) is 0 Å². The lowest BCUT2D eigenvalue weighted by Gasteiger charge is -1.98. The smallest absolute Gasteiger partial charge is 0.269 e. The molecule has 2 heterocycles. The van der Waals surface area contributed by atoms with Crippen LogP contribution in [0.4, 0.5) is 5.13 Å². The third-order valence-corrected chi connectivity index (χ3v) is 5.10. The number of halogens is 1. The van der Waals surface area contributed by atoms with Gasteiger partial charge in [-0.25, -0.2) is 9.97 Å². The van der Waals surface area contributed by atoms with Gasteiger partial charge in [-0.1, -0.05) is 12.1 Å². The molecule has 0 unspecified atom stereocenters. The van der Waals surface area contributed by atoms with Gasteiger partial charge in [-0.15, -0.1) is 22.7 Å². The largest absolute Gasteiger partial charge is 0.297 e. The highest BCUT2D eigenvalue weighted by Crippen LogP contribution is 2.26. The van der Waals surface area contributed by atoms with Crippen molar-refractivity contribution in [2.24, 2.45) is 0 Å². The summed E-state index contributed by atoms with van der Waals surface area (Å²) < 4.78 is 1.18. The number of aryl methyl sites for hydroxylation is 1. The number of aromatic nitrogens is 2. The summed E-state index contributed by atoms with van der Waals surface area (Å²) in [5.74, 6) is -0.163. The van der Waals surface area contributed by atoms with Gasteiger partial charge in [-0.05, 0) is 41.6 Å². The van der Waals surface area contributed by atoms with E-state index < -0.39 is 0 Å². The molecule has 1 N–H and O–H groups in total. The number of carbonyl (C=O) groups is 1. The van der Waals surface area contributed by atoms with Gasteiger partial charge in [-0.2, -0.15) is 0 Å². The standard InChI is InChI=1S/C14H10IN3OS2/c1-8-16-6-12(21-8)13(19)18-14-17-11(7-20-14)9-2-4-10(15)5-3-9/h2-7H,1H3,(H,17,18,19). The van der Waals surface area contributed by atoms with E-state index in [0.717, 1.165) is 16.3 Å². The molecule has 0 aliphatic heterocycles. The third-order valence-electron chi connectivity index (χ3n) is 2.71. The summed E-state index contributed by atoms with van der Waals surface area (Å²) in [4.78, 5) is 21.2. The van der Waals surface area contributed by atoms with Crippen molar-refractivity contribution < 1.29 is 4.79 Å². The van der Waals surface area contributed by atoms with Gasteiger partial charge in [-0.3, -0.25) is 10.1 Å². The Morgan fingerprint density at radius 3 is 2.71 bits per heavy atom. The van der Waals surface area contributed by atoms with Crippen molar-refractivity contribution in [1.82, 2.24) is 9.97 Å². The van der Waals surface area contributed by atoms with Crippen molar-refractivity contribution in [1.29, 1.82) is 0 Å². The highest BCUT2D eigenvalue weighted by Gasteiger charge is 2.12. The van der Waals surface area contributed by atoms with E-state index in [4.69, 9.17) is 0 Å². The first kappa shape index (κ1) is 14.6. The summed E-state index contributed by atoms with van der Waals surface area (Å²) in [6, 6.07) is 8.12. The van der Waals surface area contributed by atoms with E-state index in [9.17, 15) is 4.79 Å². The van der Waals surface area contributed by atoms with E-state index in [1.165, 1.54) is 26.2 Å². The number of hydrogen-bond acceptors (Lipinski definition) is 5. The van der Waals surface area contributed by atoms with Crippen molar-refractivity contribution >= 4 is 56.3 Å². The molecule has 4 nitrogen and oxygen atoms in total. The van der Waals surface area contributed by atoms with Crippen LogP contribution in [0.2, 0.25) is 0 Å². The molecule has 0 saturated heterocycles. The fourth-order valence-electron chi connectivity index (χ4n) is 1.71. The molecule has 0 bridgehead atoms. The van der Waals surface area contributed by atoms with E-state index in [-0.39, 0.29) is 5.91 Å². The second-order valence-electron chi connectivity index (χ2n) is 4.24. The fourth-order valence-corrected chi connectivity index (χ4v) is 3.46. The summed E-state index contributed by atoms with van der Waals surface area (Å²) in [6.07, 6.45) is 1.59. The number of carbonyl (C=O) groups excluding carboxylic acids is 1. The maximum absolute atomic E-state index is 12.0. The predicted octanol–water partition coefficient (Wildman–Crippen LogP) is 4.43. The van der Waals surface area contributed by atoms with Crippen LogP contribution in [0.15, 0.2) is 35.8 Å². The molecule has 0 fully saturated rings. The molecule has 106 valence electrons. The molecule has 3 rings (SSSR count). The number of anilines is 1. The van der Waals surface area contributed by atoms with Gasteiger partial charge in [0.25, 0.3) is 5.91 Å². The minimum absolute atomic E-state index is 0.163. The monoisotopic (exact) mass is 427 g/mol. The summed E-state index contributed by atoms with van der Waals surface area (Å²) in [6.45, 7) is 1.87. The molecule has 1 aromatic carbocycles. The Kier molecular flexibility index (Phi) is 4.32. The topological polar surface area (TPSA) is 54.9 Å². The number of rotatable bonds is 3. The quantitative estimate of drug-likeness (QED) is 0.630. The van der Waals surface area contributed by atoms with E-state index >= 15 is 0 Å². The van der Waals surface area contributed by atoms with Crippen LogP contribution in [-0.4, -0.2) is 15.9 Å². The molecule has 0 atom stereocenters. The van der Waals surface area contributed by atoms with Crippen molar-refractivity contribution in [3.8, 4) is 11.3 Å². The Labute approximate surface area is 143 Å². The molecule has 0 aliphatic rings. The molecule has 1 amide bonds. The van der Waals surface area contributed by atoms with Gasteiger partial charge >= 0.3 is 0 Å². The minimum Gasteiger partial charge on any atom is -0.297 e. The highest BCUT2D eigenvalue weighted by atomic mass is 127. The average Bonchev–Trinajstić information content (AvgIpc) is 3.09. The van der Waals surface area contributed by atoms with E-state index in [2.05, 4.69) is 37.9 Å². The van der Waals surface area contributed by atoms with Gasteiger partial charge in [0.1, 0.15) is 4.88 Å². The molecule has 21 heavy (non-hydrogen) atoms. The van der Waals surface area contributed by atoms with Crippen LogP contribution in [0.1, 0.15) is 14.7 Å². The van der Waals surface area contributed by atoms with E-state index in [0.29, 0.717) is 10.0 Å². The van der Waals surface area contributed by atoms with Gasteiger partial charge in [0.05, 0.1) is 16.9 Å². The summed E-state index contributed by atoms with van der Waals surface area (Å²) in [5, 5.41) is 6.22. The molecule has 3 aromatic rings. The Balaban J connectivity index is 1.76. The predicted molar refractivity (Wildman–Crippen MR) is 95.1 cm³/mol. The van der Waals surface area contributed by atoms with E-state index in [1.54, 1.807) is 6.20 Å².